The molecule has 0 aromatic carbocycles. The molecule has 0 aliphatic heterocycles. The summed E-state index contributed by atoms with van der Waals surface area (Å²) in [5.74, 6) is 0. The van der Waals surface area contributed by atoms with E-state index in [0.29, 0.717) is 6.04 Å². The van der Waals surface area contributed by atoms with Crippen molar-refractivity contribution in [1.82, 2.24) is 20.0 Å². The maximum Gasteiger partial charge on any atom is 0.0850 e. The summed E-state index contributed by atoms with van der Waals surface area (Å²) < 4.78 is 1.90. The summed E-state index contributed by atoms with van der Waals surface area (Å²) in [6, 6.07) is 0.391. The number of hydrogen-bond acceptors (Lipinski definition) is 3. The van der Waals surface area contributed by atoms with Gasteiger partial charge in [-0.15, -0.1) is 0 Å². The molecule has 17 heavy (non-hydrogen) atoms. The van der Waals surface area contributed by atoms with E-state index in [4.69, 9.17) is 11.6 Å². The number of nitrogens with one attached hydrogen (secondary N) is 1. The van der Waals surface area contributed by atoms with Gasteiger partial charge in [-0.2, -0.15) is 5.10 Å². The van der Waals surface area contributed by atoms with Gasteiger partial charge >= 0.3 is 0 Å². The summed E-state index contributed by atoms with van der Waals surface area (Å²) >= 11 is 6.34. The number of aromatic nitrogens is 2. The second-order valence-corrected chi connectivity index (χ2v) is 5.01. The van der Waals surface area contributed by atoms with Gasteiger partial charge in [-0.25, -0.2) is 0 Å². The fraction of sp³-hybridized carbons (Fsp3) is 0.750. The first kappa shape index (κ1) is 14.5. The van der Waals surface area contributed by atoms with E-state index in [-0.39, 0.29) is 0 Å². The maximum absolute atomic E-state index is 6.34. The molecule has 1 N–H and O–H groups in total. The number of rotatable bonds is 6. The second-order valence-electron chi connectivity index (χ2n) is 4.64. The predicted octanol–water partition coefficient (Wildman–Crippen LogP) is 1.33. The molecule has 1 atom stereocenters. The molecule has 0 fully saturated rings. The largest absolute Gasteiger partial charge is 0.315 e. The monoisotopic (exact) mass is 258 g/mol. The molecule has 1 aromatic rings. The van der Waals surface area contributed by atoms with Gasteiger partial charge in [0.1, 0.15) is 0 Å². The van der Waals surface area contributed by atoms with Crippen molar-refractivity contribution in [2.75, 3.05) is 27.7 Å². The standard InChI is InChI=1S/C12H23ClN4/c1-6-10-12(13)11(17(5)15-10)7-9(14-2)8-16(3)4/h9,14H,6-8H2,1-5H3. The molecule has 0 amide bonds. The Bertz CT molecular complexity index is 360. The van der Waals surface area contributed by atoms with Crippen molar-refractivity contribution in [1.29, 1.82) is 0 Å². The van der Waals surface area contributed by atoms with Gasteiger partial charge in [0.05, 0.1) is 16.4 Å². The highest BCUT2D eigenvalue weighted by Gasteiger charge is 2.17. The summed E-state index contributed by atoms with van der Waals surface area (Å²) in [5, 5.41) is 8.59. The van der Waals surface area contributed by atoms with Crippen molar-refractivity contribution in [3.63, 3.8) is 0 Å². The lowest BCUT2D eigenvalue weighted by molar-refractivity contribution is 0.343. The average molecular weight is 259 g/mol. The van der Waals surface area contributed by atoms with Gasteiger partial charge < -0.3 is 10.2 Å². The molecule has 0 bridgehead atoms. The predicted molar refractivity (Wildman–Crippen MR) is 72.7 cm³/mol. The molecule has 0 spiro atoms. The zero-order chi connectivity index (χ0) is 13.0. The van der Waals surface area contributed by atoms with Gasteiger partial charge in [-0.1, -0.05) is 18.5 Å². The first-order valence-electron chi connectivity index (χ1n) is 6.01. The molecule has 4 nitrogen and oxygen atoms in total. The molecule has 5 heteroatoms. The lowest BCUT2D eigenvalue weighted by Gasteiger charge is -2.20. The molecule has 1 aromatic heterocycles. The van der Waals surface area contributed by atoms with Crippen LogP contribution in [0.25, 0.3) is 0 Å². The summed E-state index contributed by atoms with van der Waals surface area (Å²) in [4.78, 5) is 2.17. The Hall–Kier alpha value is -0.580. The summed E-state index contributed by atoms with van der Waals surface area (Å²) in [6.45, 7) is 3.06. The Morgan fingerprint density at radius 3 is 2.53 bits per heavy atom. The highest BCUT2D eigenvalue weighted by Crippen LogP contribution is 2.22. The first-order chi connectivity index (χ1) is 7.99. The van der Waals surface area contributed by atoms with Gasteiger partial charge in [0.15, 0.2) is 0 Å². The van der Waals surface area contributed by atoms with Crippen molar-refractivity contribution in [3.8, 4) is 0 Å². The first-order valence-corrected chi connectivity index (χ1v) is 6.39. The summed E-state index contributed by atoms with van der Waals surface area (Å²) in [7, 11) is 8.10. The molecule has 1 heterocycles. The molecule has 0 aliphatic carbocycles. The fourth-order valence-electron chi connectivity index (χ4n) is 1.97. The molecule has 98 valence electrons. The third-order valence-corrected chi connectivity index (χ3v) is 3.37. The van der Waals surface area contributed by atoms with Crippen LogP contribution in [-0.4, -0.2) is 48.4 Å². The average Bonchev–Trinajstić information content (AvgIpc) is 2.54. The Morgan fingerprint density at radius 2 is 2.12 bits per heavy atom. The molecular formula is C12H23ClN4. The summed E-state index contributed by atoms with van der Waals surface area (Å²) in [5.41, 5.74) is 2.11. The van der Waals surface area contributed by atoms with Crippen LogP contribution in [0.2, 0.25) is 5.02 Å². The minimum atomic E-state index is 0.391. The maximum atomic E-state index is 6.34. The van der Waals surface area contributed by atoms with Crippen molar-refractivity contribution in [3.05, 3.63) is 16.4 Å². The van der Waals surface area contributed by atoms with E-state index in [1.165, 1.54) is 0 Å². The topological polar surface area (TPSA) is 33.1 Å². The quantitative estimate of drug-likeness (QED) is 0.836. The van der Waals surface area contributed by atoms with E-state index in [9.17, 15) is 0 Å². The van der Waals surface area contributed by atoms with Gasteiger partial charge in [-0.3, -0.25) is 4.68 Å². The lowest BCUT2D eigenvalue weighted by Crippen LogP contribution is -2.38. The SMILES string of the molecule is CCc1nn(C)c(CC(CN(C)C)NC)c1Cl. The Morgan fingerprint density at radius 1 is 1.47 bits per heavy atom. The number of nitrogens with zero attached hydrogens (tertiary/aromatic N) is 3. The third-order valence-electron chi connectivity index (χ3n) is 2.94. The highest BCUT2D eigenvalue weighted by molar-refractivity contribution is 6.31. The Balaban J connectivity index is 2.82. The van der Waals surface area contributed by atoms with E-state index in [0.717, 1.165) is 35.8 Å². The third kappa shape index (κ3) is 3.69. The van der Waals surface area contributed by atoms with Crippen molar-refractivity contribution in [2.45, 2.75) is 25.8 Å². The van der Waals surface area contributed by atoms with Gasteiger partial charge in [0, 0.05) is 26.1 Å². The molecule has 0 saturated carbocycles. The zero-order valence-corrected chi connectivity index (χ0v) is 12.2. The molecular weight excluding hydrogens is 236 g/mol. The molecule has 0 saturated heterocycles. The van der Waals surface area contributed by atoms with E-state index in [1.54, 1.807) is 0 Å². The Kier molecular flexibility index (Phi) is 5.43. The molecule has 0 aliphatic rings. The number of likely N-dealkylation sites (N-methyl/N-ethyl adjacent to an activating group) is 2. The van der Waals surface area contributed by atoms with E-state index in [2.05, 4.69) is 36.3 Å². The highest BCUT2D eigenvalue weighted by atomic mass is 35.5. The van der Waals surface area contributed by atoms with E-state index in [1.807, 2.05) is 18.8 Å². The smallest absolute Gasteiger partial charge is 0.0850 e. The minimum absolute atomic E-state index is 0.391. The lowest BCUT2D eigenvalue weighted by atomic mass is 10.1. The van der Waals surface area contributed by atoms with Crippen molar-refractivity contribution < 1.29 is 0 Å². The number of aryl methyl sites for hydroxylation is 2. The second kappa shape index (κ2) is 6.38. The van der Waals surface area contributed by atoms with Crippen LogP contribution in [0, 0.1) is 0 Å². The summed E-state index contributed by atoms with van der Waals surface area (Å²) in [6.07, 6.45) is 1.78. The number of halogens is 1. The van der Waals surface area contributed by atoms with Crippen LogP contribution >= 0.6 is 11.6 Å². The fourth-order valence-corrected chi connectivity index (χ4v) is 2.34. The van der Waals surface area contributed by atoms with Crippen LogP contribution in [-0.2, 0) is 19.9 Å². The minimum Gasteiger partial charge on any atom is -0.315 e. The molecule has 0 radical (unpaired) electrons. The Labute approximate surface area is 109 Å². The molecule has 1 rings (SSSR count). The molecule has 1 unspecified atom stereocenters. The van der Waals surface area contributed by atoms with E-state index < -0.39 is 0 Å². The van der Waals surface area contributed by atoms with Gasteiger partial charge in [0.25, 0.3) is 0 Å². The van der Waals surface area contributed by atoms with Crippen LogP contribution in [0.4, 0.5) is 0 Å². The van der Waals surface area contributed by atoms with Crippen LogP contribution in [0.1, 0.15) is 18.3 Å². The van der Waals surface area contributed by atoms with Crippen LogP contribution in [0.15, 0.2) is 0 Å². The van der Waals surface area contributed by atoms with E-state index >= 15 is 0 Å². The van der Waals surface area contributed by atoms with Crippen LogP contribution < -0.4 is 5.32 Å². The van der Waals surface area contributed by atoms with Gasteiger partial charge in [-0.05, 0) is 27.6 Å². The van der Waals surface area contributed by atoms with Crippen molar-refractivity contribution >= 4 is 11.6 Å². The zero-order valence-electron chi connectivity index (χ0n) is 11.4. The van der Waals surface area contributed by atoms with Crippen LogP contribution in [0.5, 0.6) is 0 Å². The van der Waals surface area contributed by atoms with Gasteiger partial charge in [0.2, 0.25) is 0 Å². The number of hydrogen-bond donors (Lipinski definition) is 1. The van der Waals surface area contributed by atoms with Crippen LogP contribution in [0.3, 0.4) is 0 Å². The normalized spacial score (nSPS) is 13.4. The van der Waals surface area contributed by atoms with Crippen molar-refractivity contribution in [2.24, 2.45) is 7.05 Å².